The van der Waals surface area contributed by atoms with Crippen LogP contribution in [-0.2, 0) is 19.1 Å². The predicted molar refractivity (Wildman–Crippen MR) is 91.9 cm³/mol. The summed E-state index contributed by atoms with van der Waals surface area (Å²) < 4.78 is 14.6. The van der Waals surface area contributed by atoms with Crippen molar-refractivity contribution in [1.29, 1.82) is 0 Å². The number of rotatable bonds is 9. The second-order valence-electron chi connectivity index (χ2n) is 5.41. The number of methoxy groups -OCH3 is 1. The van der Waals surface area contributed by atoms with Crippen LogP contribution in [-0.4, -0.2) is 43.6 Å². The summed E-state index contributed by atoms with van der Waals surface area (Å²) in [6.07, 6.45) is -1.47. The Kier molecular flexibility index (Phi) is 8.83. The van der Waals surface area contributed by atoms with Gasteiger partial charge in [-0.05, 0) is 37.6 Å². The summed E-state index contributed by atoms with van der Waals surface area (Å²) in [5, 5.41) is 1.89. The molecule has 0 aliphatic carbocycles. The Morgan fingerprint density at radius 2 is 1.73 bits per heavy atom. The van der Waals surface area contributed by atoms with E-state index in [0.29, 0.717) is 17.9 Å². The molecule has 1 aromatic rings. The number of hydrogen-bond acceptors (Lipinski definition) is 7. The SMILES string of the molecule is CCCOc1ccc(C(=O)CCC(=O)O[C@H](C)C(=O)NC(=O)OC)cc1. The van der Waals surface area contributed by atoms with Crippen molar-refractivity contribution in [2.24, 2.45) is 0 Å². The minimum Gasteiger partial charge on any atom is -0.494 e. The van der Waals surface area contributed by atoms with E-state index in [1.807, 2.05) is 12.2 Å². The van der Waals surface area contributed by atoms with Crippen LogP contribution in [0.3, 0.4) is 0 Å². The fraction of sp³-hybridized carbons (Fsp3) is 0.444. The van der Waals surface area contributed by atoms with Gasteiger partial charge in [0.25, 0.3) is 5.91 Å². The Morgan fingerprint density at radius 1 is 1.08 bits per heavy atom. The van der Waals surface area contributed by atoms with Crippen LogP contribution in [0.15, 0.2) is 24.3 Å². The molecule has 0 saturated carbocycles. The largest absolute Gasteiger partial charge is 0.494 e. The zero-order chi connectivity index (χ0) is 19.5. The van der Waals surface area contributed by atoms with Gasteiger partial charge in [-0.3, -0.25) is 19.7 Å². The van der Waals surface area contributed by atoms with Gasteiger partial charge in [0.05, 0.1) is 20.1 Å². The molecule has 0 bridgehead atoms. The molecule has 2 amide bonds. The van der Waals surface area contributed by atoms with Crippen molar-refractivity contribution < 1.29 is 33.4 Å². The third-order valence-corrected chi connectivity index (χ3v) is 3.29. The van der Waals surface area contributed by atoms with Gasteiger partial charge in [0.1, 0.15) is 5.75 Å². The highest BCUT2D eigenvalue weighted by molar-refractivity contribution is 5.98. The minimum atomic E-state index is -1.17. The quantitative estimate of drug-likeness (QED) is 0.528. The summed E-state index contributed by atoms with van der Waals surface area (Å²) in [7, 11) is 1.10. The molecular weight excluding hydrogens is 342 g/mol. The zero-order valence-corrected chi connectivity index (χ0v) is 15.1. The molecule has 8 heteroatoms. The number of amides is 2. The monoisotopic (exact) mass is 365 g/mol. The number of benzene rings is 1. The van der Waals surface area contributed by atoms with E-state index < -0.39 is 24.1 Å². The summed E-state index contributed by atoms with van der Waals surface area (Å²) >= 11 is 0. The van der Waals surface area contributed by atoms with Gasteiger partial charge in [-0.25, -0.2) is 4.79 Å². The molecule has 0 spiro atoms. The molecule has 0 aromatic heterocycles. The van der Waals surface area contributed by atoms with Crippen LogP contribution in [0.2, 0.25) is 0 Å². The molecule has 1 atom stereocenters. The molecule has 0 fully saturated rings. The molecule has 0 aliphatic rings. The average Bonchev–Trinajstić information content (AvgIpc) is 2.64. The Hall–Kier alpha value is -2.90. The van der Waals surface area contributed by atoms with Crippen molar-refractivity contribution in [1.82, 2.24) is 5.32 Å². The Balaban J connectivity index is 2.42. The van der Waals surface area contributed by atoms with Crippen LogP contribution in [0.5, 0.6) is 5.75 Å². The molecule has 0 unspecified atom stereocenters. The zero-order valence-electron chi connectivity index (χ0n) is 15.1. The summed E-state index contributed by atoms with van der Waals surface area (Å²) in [5.41, 5.74) is 0.457. The first kappa shape index (κ1) is 21.1. The molecule has 0 heterocycles. The summed E-state index contributed by atoms with van der Waals surface area (Å²) in [5.74, 6) is -1.07. The standard InChI is InChI=1S/C18H23NO7/c1-4-11-25-14-7-5-13(6-8-14)15(20)9-10-16(21)26-12(2)17(22)19-18(23)24-3/h5-8,12H,4,9-11H2,1-3H3,(H,19,22,23)/t12-/m1/s1. The van der Waals surface area contributed by atoms with Crippen molar-refractivity contribution in [3.63, 3.8) is 0 Å². The van der Waals surface area contributed by atoms with Crippen LogP contribution in [0.1, 0.15) is 43.5 Å². The van der Waals surface area contributed by atoms with Crippen molar-refractivity contribution in [2.45, 2.75) is 39.2 Å². The molecule has 1 N–H and O–H groups in total. The molecule has 142 valence electrons. The van der Waals surface area contributed by atoms with E-state index in [-0.39, 0.29) is 18.6 Å². The molecular formula is C18H23NO7. The molecule has 8 nitrogen and oxygen atoms in total. The Labute approximate surface area is 151 Å². The fourth-order valence-electron chi connectivity index (χ4n) is 1.88. The molecule has 1 aromatic carbocycles. The molecule has 1 rings (SSSR count). The Morgan fingerprint density at radius 3 is 2.31 bits per heavy atom. The highest BCUT2D eigenvalue weighted by Crippen LogP contribution is 2.14. The lowest BCUT2D eigenvalue weighted by Crippen LogP contribution is -2.39. The highest BCUT2D eigenvalue weighted by Gasteiger charge is 2.20. The van der Waals surface area contributed by atoms with E-state index in [0.717, 1.165) is 13.5 Å². The number of ketones is 1. The van der Waals surface area contributed by atoms with Gasteiger partial charge >= 0.3 is 12.1 Å². The normalized spacial score (nSPS) is 11.2. The third-order valence-electron chi connectivity index (χ3n) is 3.29. The van der Waals surface area contributed by atoms with Gasteiger partial charge in [-0.15, -0.1) is 0 Å². The lowest BCUT2D eigenvalue weighted by molar-refractivity contribution is -0.154. The number of Topliss-reactive ketones (excluding diaryl/α,β-unsaturated/α-hetero) is 1. The van der Waals surface area contributed by atoms with E-state index in [4.69, 9.17) is 9.47 Å². The second-order valence-corrected chi connectivity index (χ2v) is 5.41. The van der Waals surface area contributed by atoms with Crippen molar-refractivity contribution in [3.05, 3.63) is 29.8 Å². The van der Waals surface area contributed by atoms with E-state index >= 15 is 0 Å². The van der Waals surface area contributed by atoms with Crippen LogP contribution in [0.25, 0.3) is 0 Å². The number of nitrogens with one attached hydrogen (secondary N) is 1. The van der Waals surface area contributed by atoms with Crippen LogP contribution >= 0.6 is 0 Å². The number of imide groups is 1. The first-order valence-electron chi connectivity index (χ1n) is 8.21. The third kappa shape index (κ3) is 7.33. The maximum atomic E-state index is 12.1. The summed E-state index contributed by atoms with van der Waals surface area (Å²) in [6, 6.07) is 6.65. The topological polar surface area (TPSA) is 108 Å². The van der Waals surface area contributed by atoms with Crippen LogP contribution < -0.4 is 10.1 Å². The maximum absolute atomic E-state index is 12.1. The summed E-state index contributed by atoms with van der Waals surface area (Å²) in [4.78, 5) is 46.3. The number of alkyl carbamates (subject to hydrolysis) is 1. The minimum absolute atomic E-state index is 0.0562. The fourth-order valence-corrected chi connectivity index (χ4v) is 1.88. The smallest absolute Gasteiger partial charge is 0.413 e. The van der Waals surface area contributed by atoms with Crippen LogP contribution in [0.4, 0.5) is 4.79 Å². The van der Waals surface area contributed by atoms with Crippen LogP contribution in [0, 0.1) is 0 Å². The van der Waals surface area contributed by atoms with Gasteiger partial charge < -0.3 is 14.2 Å². The number of carbonyl (C=O) groups excluding carboxylic acids is 4. The van der Waals surface area contributed by atoms with Gasteiger partial charge in [0.2, 0.25) is 0 Å². The second kappa shape index (κ2) is 10.9. The van der Waals surface area contributed by atoms with Gasteiger partial charge in [0.15, 0.2) is 11.9 Å². The van der Waals surface area contributed by atoms with Gasteiger partial charge in [-0.1, -0.05) is 6.92 Å². The van der Waals surface area contributed by atoms with E-state index in [1.54, 1.807) is 24.3 Å². The van der Waals surface area contributed by atoms with Crippen molar-refractivity contribution in [2.75, 3.05) is 13.7 Å². The first-order chi connectivity index (χ1) is 12.4. The van der Waals surface area contributed by atoms with Crippen molar-refractivity contribution in [3.8, 4) is 5.75 Å². The van der Waals surface area contributed by atoms with E-state index in [9.17, 15) is 19.2 Å². The van der Waals surface area contributed by atoms with E-state index in [2.05, 4.69) is 4.74 Å². The molecule has 0 saturated heterocycles. The summed E-state index contributed by atoms with van der Waals surface area (Å²) in [6.45, 7) is 3.91. The molecule has 26 heavy (non-hydrogen) atoms. The Bertz CT molecular complexity index is 639. The number of carbonyl (C=O) groups is 4. The van der Waals surface area contributed by atoms with E-state index in [1.165, 1.54) is 6.92 Å². The van der Waals surface area contributed by atoms with Gasteiger partial charge in [-0.2, -0.15) is 0 Å². The molecule has 0 aliphatic heterocycles. The highest BCUT2D eigenvalue weighted by atomic mass is 16.6. The average molecular weight is 365 g/mol. The lowest BCUT2D eigenvalue weighted by Gasteiger charge is -2.12. The van der Waals surface area contributed by atoms with Crippen molar-refractivity contribution >= 4 is 23.8 Å². The number of ether oxygens (including phenoxy) is 3. The number of hydrogen-bond donors (Lipinski definition) is 1. The maximum Gasteiger partial charge on any atom is 0.413 e. The lowest BCUT2D eigenvalue weighted by atomic mass is 10.1. The molecule has 0 radical (unpaired) electrons. The number of esters is 1. The predicted octanol–water partition coefficient (Wildman–Crippen LogP) is 2.25. The van der Waals surface area contributed by atoms with Gasteiger partial charge in [0, 0.05) is 12.0 Å². The first-order valence-corrected chi connectivity index (χ1v) is 8.21.